The maximum absolute atomic E-state index is 11.8. The molecule has 2 aromatic rings. The predicted octanol–water partition coefficient (Wildman–Crippen LogP) is 4.15. The highest BCUT2D eigenvalue weighted by atomic mass is 35.5. The first-order valence-corrected chi connectivity index (χ1v) is 8.56. The Labute approximate surface area is 166 Å². The van der Waals surface area contributed by atoms with Crippen molar-refractivity contribution in [3.05, 3.63) is 64.1 Å². The van der Waals surface area contributed by atoms with E-state index in [2.05, 4.69) is 10.6 Å². The third kappa shape index (κ3) is 7.13. The van der Waals surface area contributed by atoms with Crippen LogP contribution in [0.1, 0.15) is 12.5 Å². The van der Waals surface area contributed by atoms with Crippen molar-refractivity contribution in [1.29, 1.82) is 0 Å². The Hall–Kier alpha value is -2.83. The van der Waals surface area contributed by atoms with Crippen molar-refractivity contribution in [2.24, 2.45) is 0 Å². The number of hydrogen-bond donors (Lipinski definition) is 2. The molecule has 0 bridgehead atoms. The van der Waals surface area contributed by atoms with E-state index in [9.17, 15) is 14.4 Å². The lowest BCUT2D eigenvalue weighted by molar-refractivity contribution is -0.142. The monoisotopic (exact) mass is 406 g/mol. The van der Waals surface area contributed by atoms with Gasteiger partial charge in [0, 0.05) is 24.4 Å². The van der Waals surface area contributed by atoms with Crippen LogP contribution in [-0.2, 0) is 19.1 Å². The van der Waals surface area contributed by atoms with Crippen molar-refractivity contribution in [2.45, 2.75) is 6.92 Å². The zero-order chi connectivity index (χ0) is 19.8. The molecule has 6 nitrogen and oxygen atoms in total. The number of benzene rings is 2. The Balaban J connectivity index is 1.80. The van der Waals surface area contributed by atoms with Crippen molar-refractivity contribution in [1.82, 2.24) is 0 Å². The summed E-state index contributed by atoms with van der Waals surface area (Å²) in [5.74, 6) is -1.34. The fraction of sp³-hybridized carbons (Fsp3) is 0.105. The van der Waals surface area contributed by atoms with Crippen molar-refractivity contribution < 1.29 is 19.1 Å². The van der Waals surface area contributed by atoms with Crippen molar-refractivity contribution >= 4 is 58.4 Å². The van der Waals surface area contributed by atoms with E-state index >= 15 is 0 Å². The third-order valence-corrected chi connectivity index (χ3v) is 3.93. The number of ether oxygens (including phenoxy) is 1. The fourth-order valence-electron chi connectivity index (χ4n) is 2.00. The summed E-state index contributed by atoms with van der Waals surface area (Å²) in [4.78, 5) is 34.5. The van der Waals surface area contributed by atoms with Crippen LogP contribution in [0.25, 0.3) is 6.08 Å². The molecule has 2 aromatic carbocycles. The highest BCUT2D eigenvalue weighted by molar-refractivity contribution is 6.42. The van der Waals surface area contributed by atoms with Crippen LogP contribution in [0.2, 0.25) is 10.0 Å². The van der Waals surface area contributed by atoms with Crippen LogP contribution in [0.4, 0.5) is 11.4 Å². The molecule has 0 aliphatic carbocycles. The van der Waals surface area contributed by atoms with Crippen LogP contribution in [-0.4, -0.2) is 24.4 Å². The third-order valence-electron chi connectivity index (χ3n) is 3.19. The van der Waals surface area contributed by atoms with Crippen LogP contribution in [0, 0.1) is 0 Å². The Morgan fingerprint density at radius 3 is 2.19 bits per heavy atom. The second-order valence-corrected chi connectivity index (χ2v) is 6.24. The van der Waals surface area contributed by atoms with E-state index in [0.29, 0.717) is 27.0 Å². The largest absolute Gasteiger partial charge is 0.452 e. The molecule has 0 fully saturated rings. The van der Waals surface area contributed by atoms with E-state index in [1.807, 2.05) is 0 Å². The summed E-state index contributed by atoms with van der Waals surface area (Å²) in [6.45, 7) is 0.970. The minimum absolute atomic E-state index is 0.187. The molecule has 0 saturated heterocycles. The van der Waals surface area contributed by atoms with Crippen molar-refractivity contribution in [3.8, 4) is 0 Å². The van der Waals surface area contributed by atoms with Crippen LogP contribution in [0.5, 0.6) is 0 Å². The zero-order valence-electron chi connectivity index (χ0n) is 14.3. The molecule has 0 aromatic heterocycles. The summed E-state index contributed by atoms with van der Waals surface area (Å²) in [6.07, 6.45) is 2.69. The first-order chi connectivity index (χ1) is 12.8. The predicted molar refractivity (Wildman–Crippen MR) is 106 cm³/mol. The van der Waals surface area contributed by atoms with Gasteiger partial charge in [-0.15, -0.1) is 0 Å². The lowest BCUT2D eigenvalue weighted by atomic mass is 10.2. The molecular weight excluding hydrogens is 391 g/mol. The topological polar surface area (TPSA) is 84.5 Å². The molecule has 0 aliphatic rings. The lowest BCUT2D eigenvalue weighted by Gasteiger charge is -2.07. The van der Waals surface area contributed by atoms with Gasteiger partial charge in [-0.3, -0.25) is 9.59 Å². The SMILES string of the molecule is CC(=O)Nc1ccc(NC(=O)COC(=O)/C=C/c2ccc(Cl)c(Cl)c2)cc1. The van der Waals surface area contributed by atoms with Gasteiger partial charge in [0.05, 0.1) is 10.0 Å². The molecule has 2 rings (SSSR count). The number of rotatable bonds is 6. The Morgan fingerprint density at radius 2 is 1.59 bits per heavy atom. The highest BCUT2D eigenvalue weighted by Crippen LogP contribution is 2.23. The average molecular weight is 407 g/mol. The summed E-state index contributed by atoms with van der Waals surface area (Å²) in [6, 6.07) is 11.4. The molecule has 0 unspecified atom stereocenters. The summed E-state index contributed by atoms with van der Waals surface area (Å²) in [7, 11) is 0. The highest BCUT2D eigenvalue weighted by Gasteiger charge is 2.06. The summed E-state index contributed by atoms with van der Waals surface area (Å²) < 4.78 is 4.87. The summed E-state index contributed by atoms with van der Waals surface area (Å²) in [5, 5.41) is 5.98. The quantitative estimate of drug-likeness (QED) is 0.557. The van der Waals surface area contributed by atoms with E-state index in [4.69, 9.17) is 27.9 Å². The summed E-state index contributed by atoms with van der Waals surface area (Å²) >= 11 is 11.7. The number of anilines is 2. The number of hydrogen-bond acceptors (Lipinski definition) is 4. The molecule has 27 heavy (non-hydrogen) atoms. The van der Waals surface area contributed by atoms with Crippen LogP contribution < -0.4 is 10.6 Å². The first kappa shape index (κ1) is 20.5. The van der Waals surface area contributed by atoms with Gasteiger partial charge in [0.1, 0.15) is 0 Å². The average Bonchev–Trinajstić information content (AvgIpc) is 2.62. The molecule has 2 amide bonds. The molecular formula is C19H16Cl2N2O4. The molecule has 0 spiro atoms. The van der Waals surface area contributed by atoms with Gasteiger partial charge in [0.15, 0.2) is 6.61 Å². The van der Waals surface area contributed by atoms with E-state index in [0.717, 1.165) is 0 Å². The smallest absolute Gasteiger partial charge is 0.331 e. The Bertz CT molecular complexity index is 880. The van der Waals surface area contributed by atoms with Gasteiger partial charge in [0.25, 0.3) is 5.91 Å². The molecule has 0 saturated carbocycles. The van der Waals surface area contributed by atoms with Gasteiger partial charge >= 0.3 is 5.97 Å². The minimum atomic E-state index is -0.669. The second kappa shape index (κ2) is 9.75. The molecule has 0 radical (unpaired) electrons. The van der Waals surface area contributed by atoms with E-state index in [1.54, 1.807) is 42.5 Å². The van der Waals surface area contributed by atoms with Crippen molar-refractivity contribution in [3.63, 3.8) is 0 Å². The molecule has 8 heteroatoms. The maximum Gasteiger partial charge on any atom is 0.331 e. The second-order valence-electron chi connectivity index (χ2n) is 5.42. The molecule has 0 heterocycles. The first-order valence-electron chi connectivity index (χ1n) is 7.81. The van der Waals surface area contributed by atoms with Gasteiger partial charge in [-0.2, -0.15) is 0 Å². The Morgan fingerprint density at radius 1 is 0.963 bits per heavy atom. The number of carbonyl (C=O) groups excluding carboxylic acids is 3. The number of carbonyl (C=O) groups is 3. The van der Waals surface area contributed by atoms with Gasteiger partial charge < -0.3 is 15.4 Å². The number of nitrogens with one attached hydrogen (secondary N) is 2. The molecule has 0 aliphatic heterocycles. The van der Waals surface area contributed by atoms with Gasteiger partial charge in [-0.25, -0.2) is 4.79 Å². The normalized spacial score (nSPS) is 10.5. The number of esters is 1. The standard InChI is InChI=1S/C19H16Cl2N2O4/c1-12(24)22-14-4-6-15(7-5-14)23-18(25)11-27-19(26)9-3-13-2-8-16(20)17(21)10-13/h2-10H,11H2,1H3,(H,22,24)(H,23,25)/b9-3+. The minimum Gasteiger partial charge on any atom is -0.452 e. The van der Waals surface area contributed by atoms with Gasteiger partial charge in [-0.05, 0) is 48.0 Å². The van der Waals surface area contributed by atoms with Crippen LogP contribution in [0.15, 0.2) is 48.5 Å². The van der Waals surface area contributed by atoms with Crippen LogP contribution >= 0.6 is 23.2 Å². The fourth-order valence-corrected chi connectivity index (χ4v) is 2.31. The lowest BCUT2D eigenvalue weighted by Crippen LogP contribution is -2.20. The zero-order valence-corrected chi connectivity index (χ0v) is 15.8. The van der Waals surface area contributed by atoms with E-state index in [1.165, 1.54) is 19.1 Å². The Kier molecular flexibility index (Phi) is 7.40. The molecule has 140 valence electrons. The number of halogens is 2. The van der Waals surface area contributed by atoms with Gasteiger partial charge in [0.2, 0.25) is 5.91 Å². The van der Waals surface area contributed by atoms with Gasteiger partial charge in [-0.1, -0.05) is 29.3 Å². The molecule has 0 atom stereocenters. The maximum atomic E-state index is 11.8. The van der Waals surface area contributed by atoms with Crippen molar-refractivity contribution in [2.75, 3.05) is 17.2 Å². The van der Waals surface area contributed by atoms with Crippen LogP contribution in [0.3, 0.4) is 0 Å². The number of amides is 2. The summed E-state index contributed by atoms with van der Waals surface area (Å²) in [5.41, 5.74) is 1.79. The van der Waals surface area contributed by atoms with E-state index < -0.39 is 18.5 Å². The van der Waals surface area contributed by atoms with E-state index in [-0.39, 0.29) is 5.91 Å². The molecule has 2 N–H and O–H groups in total.